The lowest BCUT2D eigenvalue weighted by molar-refractivity contribution is 0.370. The molecule has 0 atom stereocenters. The van der Waals surface area contributed by atoms with Gasteiger partial charge in [0, 0.05) is 13.1 Å². The maximum atomic E-state index is 2.37. The summed E-state index contributed by atoms with van der Waals surface area (Å²) in [4.78, 5) is 2.36. The molecule has 0 fully saturated rings. The van der Waals surface area contributed by atoms with Gasteiger partial charge in [-0.25, -0.2) is 0 Å². The molecule has 2 heteroatoms. The zero-order chi connectivity index (χ0) is 13.8. The number of benzene rings is 2. The summed E-state index contributed by atoms with van der Waals surface area (Å²) >= 11 is 0. The second-order valence-corrected chi connectivity index (χ2v) is 5.60. The van der Waals surface area contributed by atoms with Gasteiger partial charge in [0.15, 0.2) is 0 Å². The van der Waals surface area contributed by atoms with Crippen LogP contribution in [0.1, 0.15) is 23.1 Å². The van der Waals surface area contributed by atoms with Crippen molar-refractivity contribution >= 4 is 22.6 Å². The highest BCUT2D eigenvalue weighted by Crippen LogP contribution is 2.23. The van der Waals surface area contributed by atoms with Crippen LogP contribution in [0.25, 0.3) is 5.57 Å². The first-order valence-electron chi connectivity index (χ1n) is 7.32. The SMILES string of the molecule is Br.CN1CC=C(c2cccc(Cc3ccccc3)c2)CC1. The van der Waals surface area contributed by atoms with Crippen molar-refractivity contribution in [3.63, 3.8) is 0 Å². The second-order valence-electron chi connectivity index (χ2n) is 5.60. The minimum Gasteiger partial charge on any atom is -0.302 e. The molecule has 1 nitrogen and oxygen atoms in total. The fourth-order valence-electron chi connectivity index (χ4n) is 2.75. The van der Waals surface area contributed by atoms with E-state index in [-0.39, 0.29) is 17.0 Å². The van der Waals surface area contributed by atoms with Gasteiger partial charge in [0.05, 0.1) is 0 Å². The molecule has 0 bridgehead atoms. The molecule has 0 saturated heterocycles. The molecule has 0 N–H and O–H groups in total. The smallest absolute Gasteiger partial charge is 0.0166 e. The third kappa shape index (κ3) is 4.29. The van der Waals surface area contributed by atoms with E-state index in [2.05, 4.69) is 72.6 Å². The van der Waals surface area contributed by atoms with Gasteiger partial charge in [-0.1, -0.05) is 60.7 Å². The second kappa shape index (κ2) is 7.58. The van der Waals surface area contributed by atoms with Gasteiger partial charge in [-0.3, -0.25) is 0 Å². The van der Waals surface area contributed by atoms with Crippen LogP contribution in [0.5, 0.6) is 0 Å². The Morgan fingerprint density at radius 3 is 2.43 bits per heavy atom. The topological polar surface area (TPSA) is 3.24 Å². The lowest BCUT2D eigenvalue weighted by atomic mass is 9.96. The molecule has 2 aromatic carbocycles. The van der Waals surface area contributed by atoms with Crippen molar-refractivity contribution in [3.8, 4) is 0 Å². The van der Waals surface area contributed by atoms with Crippen molar-refractivity contribution in [1.82, 2.24) is 4.90 Å². The number of rotatable bonds is 3. The van der Waals surface area contributed by atoms with E-state index in [4.69, 9.17) is 0 Å². The van der Waals surface area contributed by atoms with Gasteiger partial charge in [0.1, 0.15) is 0 Å². The largest absolute Gasteiger partial charge is 0.302 e. The van der Waals surface area contributed by atoms with E-state index in [1.807, 2.05) is 0 Å². The lowest BCUT2D eigenvalue weighted by Gasteiger charge is -2.22. The normalized spacial score (nSPS) is 15.2. The summed E-state index contributed by atoms with van der Waals surface area (Å²) in [6.45, 7) is 2.23. The first kappa shape index (κ1) is 16.0. The van der Waals surface area contributed by atoms with Crippen LogP contribution < -0.4 is 0 Å². The van der Waals surface area contributed by atoms with Gasteiger partial charge in [-0.15, -0.1) is 17.0 Å². The lowest BCUT2D eigenvalue weighted by Crippen LogP contribution is -2.23. The molecule has 2 aromatic rings. The molecule has 0 spiro atoms. The molecule has 0 saturated carbocycles. The van der Waals surface area contributed by atoms with Gasteiger partial charge in [0.2, 0.25) is 0 Å². The average molecular weight is 344 g/mol. The number of likely N-dealkylation sites (N-methyl/N-ethyl adjacent to an activating group) is 1. The molecule has 3 rings (SSSR count). The van der Waals surface area contributed by atoms with Crippen LogP contribution in [0.4, 0.5) is 0 Å². The van der Waals surface area contributed by atoms with Crippen molar-refractivity contribution < 1.29 is 0 Å². The van der Waals surface area contributed by atoms with E-state index in [0.29, 0.717) is 0 Å². The van der Waals surface area contributed by atoms with Gasteiger partial charge in [-0.05, 0) is 42.2 Å². The summed E-state index contributed by atoms with van der Waals surface area (Å²) in [6.07, 6.45) is 4.54. The fraction of sp³-hybridized carbons (Fsp3) is 0.263. The predicted octanol–water partition coefficient (Wildman–Crippen LogP) is 4.57. The minimum absolute atomic E-state index is 0. The highest BCUT2D eigenvalue weighted by Gasteiger charge is 2.09. The number of hydrogen-bond acceptors (Lipinski definition) is 1. The van der Waals surface area contributed by atoms with Crippen molar-refractivity contribution in [2.75, 3.05) is 20.1 Å². The molecule has 0 unspecified atom stereocenters. The number of halogens is 1. The van der Waals surface area contributed by atoms with Crippen LogP contribution in [0.15, 0.2) is 60.7 Å². The molecular formula is C19H22BrN. The average Bonchev–Trinajstić information content (AvgIpc) is 2.49. The van der Waals surface area contributed by atoms with Crippen LogP contribution in [-0.4, -0.2) is 25.0 Å². The van der Waals surface area contributed by atoms with Crippen molar-refractivity contribution in [2.45, 2.75) is 12.8 Å². The van der Waals surface area contributed by atoms with Gasteiger partial charge in [-0.2, -0.15) is 0 Å². The molecule has 1 heterocycles. The molecule has 1 aliphatic rings. The summed E-state index contributed by atoms with van der Waals surface area (Å²) in [5.74, 6) is 0. The summed E-state index contributed by atoms with van der Waals surface area (Å²) in [5, 5.41) is 0. The molecular weight excluding hydrogens is 322 g/mol. The Balaban J connectivity index is 0.00000161. The maximum Gasteiger partial charge on any atom is 0.0166 e. The van der Waals surface area contributed by atoms with E-state index in [1.165, 1.54) is 22.3 Å². The van der Waals surface area contributed by atoms with Crippen LogP contribution in [0, 0.1) is 0 Å². The highest BCUT2D eigenvalue weighted by atomic mass is 79.9. The van der Waals surface area contributed by atoms with Crippen LogP contribution >= 0.6 is 17.0 Å². The van der Waals surface area contributed by atoms with E-state index in [0.717, 1.165) is 25.9 Å². The van der Waals surface area contributed by atoms with E-state index < -0.39 is 0 Å². The first-order chi connectivity index (χ1) is 9.81. The Hall–Kier alpha value is -1.38. The van der Waals surface area contributed by atoms with Crippen LogP contribution in [0.2, 0.25) is 0 Å². The van der Waals surface area contributed by atoms with E-state index in [9.17, 15) is 0 Å². The molecule has 1 aliphatic heterocycles. The summed E-state index contributed by atoms with van der Waals surface area (Å²) in [7, 11) is 2.18. The third-order valence-electron chi connectivity index (χ3n) is 3.96. The Labute approximate surface area is 138 Å². The zero-order valence-electron chi connectivity index (χ0n) is 12.5. The standard InChI is InChI=1S/C19H21N.BrH/c1-20-12-10-18(11-13-20)19-9-5-8-17(15-19)14-16-6-3-2-4-7-16;/h2-10,15H,11-14H2,1H3;1H. The van der Waals surface area contributed by atoms with Gasteiger partial charge < -0.3 is 4.90 Å². The first-order valence-corrected chi connectivity index (χ1v) is 7.32. The van der Waals surface area contributed by atoms with E-state index in [1.54, 1.807) is 0 Å². The quantitative estimate of drug-likeness (QED) is 0.788. The van der Waals surface area contributed by atoms with Crippen molar-refractivity contribution in [2.24, 2.45) is 0 Å². The van der Waals surface area contributed by atoms with Crippen LogP contribution in [0.3, 0.4) is 0 Å². The minimum atomic E-state index is 0. The fourth-order valence-corrected chi connectivity index (χ4v) is 2.75. The highest BCUT2D eigenvalue weighted by molar-refractivity contribution is 8.93. The van der Waals surface area contributed by atoms with Gasteiger partial charge in [0.25, 0.3) is 0 Å². The molecule has 0 aromatic heterocycles. The molecule has 110 valence electrons. The number of hydrogen-bond donors (Lipinski definition) is 0. The summed E-state index contributed by atoms with van der Waals surface area (Å²) in [5.41, 5.74) is 5.67. The maximum absolute atomic E-state index is 2.37. The van der Waals surface area contributed by atoms with E-state index >= 15 is 0 Å². The summed E-state index contributed by atoms with van der Waals surface area (Å²) in [6, 6.07) is 19.7. The Morgan fingerprint density at radius 2 is 1.71 bits per heavy atom. The summed E-state index contributed by atoms with van der Waals surface area (Å²) < 4.78 is 0. The predicted molar refractivity (Wildman–Crippen MR) is 96.1 cm³/mol. The zero-order valence-corrected chi connectivity index (χ0v) is 14.2. The molecule has 21 heavy (non-hydrogen) atoms. The van der Waals surface area contributed by atoms with Crippen molar-refractivity contribution in [3.05, 3.63) is 77.4 Å². The number of nitrogens with zero attached hydrogens (tertiary/aromatic N) is 1. The molecule has 0 radical (unpaired) electrons. The monoisotopic (exact) mass is 343 g/mol. The third-order valence-corrected chi connectivity index (χ3v) is 3.96. The Bertz CT molecular complexity index is 604. The molecule has 0 amide bonds. The van der Waals surface area contributed by atoms with Gasteiger partial charge >= 0.3 is 0 Å². The molecule has 0 aliphatic carbocycles. The Kier molecular flexibility index (Phi) is 5.77. The van der Waals surface area contributed by atoms with Crippen molar-refractivity contribution in [1.29, 1.82) is 0 Å². The Morgan fingerprint density at radius 1 is 0.952 bits per heavy atom. The van der Waals surface area contributed by atoms with Crippen LogP contribution in [-0.2, 0) is 6.42 Å².